The molecule has 0 saturated carbocycles. The lowest BCUT2D eigenvalue weighted by atomic mass is 10.1. The minimum absolute atomic E-state index is 0.243. The molecule has 4 heterocycles. The normalized spacial score (nSPS) is 12.0. The average Bonchev–Trinajstić information content (AvgIpc) is 3.42. The number of alkyl halides is 3. The van der Waals surface area contributed by atoms with Crippen LogP contribution in [0.4, 0.5) is 13.2 Å². The largest absolute Gasteiger partial charge is 0.490 e. The number of H-pyrrole nitrogens is 1. The number of carbonyl (C=O) groups is 1. The highest BCUT2D eigenvalue weighted by atomic mass is 35.5. The number of nitrogens with zero attached hydrogens (tertiary/aromatic N) is 6. The highest BCUT2D eigenvalue weighted by molar-refractivity contribution is 6.29. The van der Waals surface area contributed by atoms with Crippen LogP contribution in [0.15, 0.2) is 49.3 Å². The number of nitrogens with one attached hydrogen (secondary N) is 1. The van der Waals surface area contributed by atoms with Crippen molar-refractivity contribution in [2.24, 2.45) is 0 Å². The minimum atomic E-state index is -5.08. The number of fused-ring (bicyclic) bond motifs is 1. The van der Waals surface area contributed by atoms with Crippen LogP contribution in [0, 0.1) is 11.3 Å². The molecule has 13 heteroatoms. The number of aliphatic carboxylic acids is 1. The number of halogens is 4. The number of hydrogen-bond acceptors (Lipinski definition) is 6. The Hall–Kier alpha value is -3.98. The summed E-state index contributed by atoms with van der Waals surface area (Å²) >= 11 is 5.85. The molecule has 2 N–H and O–H groups in total. The van der Waals surface area contributed by atoms with Crippen molar-refractivity contribution in [3.63, 3.8) is 0 Å². The van der Waals surface area contributed by atoms with E-state index in [1.165, 1.54) is 6.33 Å². The Morgan fingerprint density at radius 3 is 2.62 bits per heavy atom. The molecule has 0 spiro atoms. The van der Waals surface area contributed by atoms with Crippen LogP contribution < -0.4 is 0 Å². The zero-order chi connectivity index (χ0) is 23.3. The van der Waals surface area contributed by atoms with Crippen LogP contribution in [-0.4, -0.2) is 47.0 Å². The summed E-state index contributed by atoms with van der Waals surface area (Å²) in [7, 11) is 0. The predicted molar refractivity (Wildman–Crippen MR) is 106 cm³/mol. The molecule has 1 unspecified atom stereocenters. The quantitative estimate of drug-likeness (QED) is 0.437. The van der Waals surface area contributed by atoms with Gasteiger partial charge in [-0.15, -0.1) is 0 Å². The third-order valence-electron chi connectivity index (χ3n) is 4.21. The molecule has 32 heavy (non-hydrogen) atoms. The van der Waals surface area contributed by atoms with Gasteiger partial charge in [0.2, 0.25) is 0 Å². The van der Waals surface area contributed by atoms with Crippen molar-refractivity contribution >= 4 is 28.6 Å². The minimum Gasteiger partial charge on any atom is -0.475 e. The molecule has 0 aliphatic heterocycles. The van der Waals surface area contributed by atoms with Gasteiger partial charge in [0.1, 0.15) is 17.1 Å². The second kappa shape index (κ2) is 9.44. The lowest BCUT2D eigenvalue weighted by Gasteiger charge is -2.14. The van der Waals surface area contributed by atoms with E-state index in [1.54, 1.807) is 23.1 Å². The van der Waals surface area contributed by atoms with Crippen LogP contribution in [0.25, 0.3) is 22.3 Å². The summed E-state index contributed by atoms with van der Waals surface area (Å²) < 4.78 is 33.5. The Morgan fingerprint density at radius 2 is 2.00 bits per heavy atom. The maximum Gasteiger partial charge on any atom is 0.490 e. The number of pyridine rings is 1. The lowest BCUT2D eigenvalue weighted by molar-refractivity contribution is -0.192. The molecule has 1 atom stereocenters. The van der Waals surface area contributed by atoms with Gasteiger partial charge in [-0.2, -0.15) is 23.5 Å². The third-order valence-corrected chi connectivity index (χ3v) is 4.43. The fourth-order valence-corrected chi connectivity index (χ4v) is 2.88. The molecule has 4 aromatic heterocycles. The van der Waals surface area contributed by atoms with Crippen molar-refractivity contribution in [3.8, 4) is 17.3 Å². The standard InChI is InChI=1S/C17H12ClN7.C2HF3O2/c18-15-2-1-11(7-21-15)14(3-5-19)25-9-12(8-24-25)16-13-4-6-20-17(13)23-10-22-16;3-2(4,5)1(6)7/h1-2,4,6-10,14H,3H2,(H,20,22,23);(H,6,7). The van der Waals surface area contributed by atoms with Crippen molar-refractivity contribution in [1.82, 2.24) is 29.7 Å². The summed E-state index contributed by atoms with van der Waals surface area (Å²) in [6, 6.07) is 7.45. The first-order valence-electron chi connectivity index (χ1n) is 8.82. The van der Waals surface area contributed by atoms with Gasteiger partial charge in [-0.05, 0) is 17.7 Å². The van der Waals surface area contributed by atoms with Gasteiger partial charge in [-0.1, -0.05) is 17.7 Å². The van der Waals surface area contributed by atoms with Crippen molar-refractivity contribution in [1.29, 1.82) is 5.26 Å². The van der Waals surface area contributed by atoms with Gasteiger partial charge in [0, 0.05) is 29.5 Å². The van der Waals surface area contributed by atoms with E-state index in [0.29, 0.717) is 5.15 Å². The maximum absolute atomic E-state index is 10.6. The second-order valence-corrected chi connectivity index (χ2v) is 6.65. The van der Waals surface area contributed by atoms with Crippen LogP contribution in [-0.2, 0) is 4.79 Å². The molecule has 4 aromatic rings. The number of aromatic nitrogens is 6. The molecule has 164 valence electrons. The molecular weight excluding hydrogens is 451 g/mol. The number of rotatable bonds is 4. The van der Waals surface area contributed by atoms with Crippen LogP contribution in [0.5, 0.6) is 0 Å². The van der Waals surface area contributed by atoms with Gasteiger partial charge < -0.3 is 10.1 Å². The van der Waals surface area contributed by atoms with Gasteiger partial charge in [0.05, 0.1) is 30.4 Å². The monoisotopic (exact) mass is 463 g/mol. The summed E-state index contributed by atoms with van der Waals surface area (Å²) in [6.45, 7) is 0. The van der Waals surface area contributed by atoms with Gasteiger partial charge in [-0.25, -0.2) is 19.7 Å². The summed E-state index contributed by atoms with van der Waals surface area (Å²) in [5.41, 5.74) is 3.29. The van der Waals surface area contributed by atoms with Crippen LogP contribution in [0.3, 0.4) is 0 Å². The van der Waals surface area contributed by atoms with Crippen LogP contribution in [0.1, 0.15) is 18.0 Å². The summed E-state index contributed by atoms with van der Waals surface area (Å²) in [4.78, 5) is 24.6. The molecule has 0 aliphatic carbocycles. The third kappa shape index (κ3) is 5.19. The van der Waals surface area contributed by atoms with E-state index in [-0.39, 0.29) is 12.5 Å². The SMILES string of the molecule is N#CCC(c1ccc(Cl)nc1)n1cc(-c2ncnc3[nH]ccc23)cn1.O=C(O)C(F)(F)F. The molecule has 0 radical (unpaired) electrons. The van der Waals surface area contributed by atoms with E-state index in [2.05, 4.69) is 31.1 Å². The molecule has 9 nitrogen and oxygen atoms in total. The predicted octanol–water partition coefficient (Wildman–Crippen LogP) is 4.01. The lowest BCUT2D eigenvalue weighted by Crippen LogP contribution is -2.21. The zero-order valence-electron chi connectivity index (χ0n) is 16.0. The van der Waals surface area contributed by atoms with Gasteiger partial charge in [-0.3, -0.25) is 4.68 Å². The number of carboxylic acids is 1. The van der Waals surface area contributed by atoms with Crippen molar-refractivity contribution < 1.29 is 23.1 Å². The summed E-state index contributed by atoms with van der Waals surface area (Å²) in [5, 5.41) is 22.1. The smallest absolute Gasteiger partial charge is 0.475 e. The van der Waals surface area contributed by atoms with Gasteiger partial charge in [0.25, 0.3) is 0 Å². The fraction of sp³-hybridized carbons (Fsp3) is 0.158. The fourth-order valence-electron chi connectivity index (χ4n) is 2.77. The highest BCUT2D eigenvalue weighted by Gasteiger charge is 2.38. The molecule has 0 fully saturated rings. The molecule has 0 bridgehead atoms. The first-order chi connectivity index (χ1) is 15.2. The second-order valence-electron chi connectivity index (χ2n) is 6.27. The van der Waals surface area contributed by atoms with Gasteiger partial charge >= 0.3 is 12.1 Å². The van der Waals surface area contributed by atoms with E-state index in [4.69, 9.17) is 21.5 Å². The summed E-state index contributed by atoms with van der Waals surface area (Å²) in [5.74, 6) is -2.76. The molecule has 0 amide bonds. The molecular formula is C19H13ClF3N7O2. The Bertz CT molecular complexity index is 1260. The van der Waals surface area contributed by atoms with Crippen LogP contribution in [0.2, 0.25) is 5.15 Å². The summed E-state index contributed by atoms with van der Waals surface area (Å²) in [6.07, 6.45) is 3.81. The Labute approximate surface area is 183 Å². The van der Waals surface area contributed by atoms with Crippen LogP contribution >= 0.6 is 11.6 Å². The van der Waals surface area contributed by atoms with Crippen molar-refractivity contribution in [2.45, 2.75) is 18.6 Å². The Morgan fingerprint density at radius 1 is 1.25 bits per heavy atom. The number of aromatic amines is 1. The number of hydrogen-bond donors (Lipinski definition) is 2. The average molecular weight is 464 g/mol. The number of carboxylic acid groups (broad SMARTS) is 1. The topological polar surface area (TPSA) is 133 Å². The number of nitriles is 1. The van der Waals surface area contributed by atoms with E-state index >= 15 is 0 Å². The van der Waals surface area contributed by atoms with Gasteiger partial charge in [0.15, 0.2) is 0 Å². The molecule has 0 aromatic carbocycles. The van der Waals surface area contributed by atoms with E-state index in [0.717, 1.165) is 27.9 Å². The van der Waals surface area contributed by atoms with E-state index in [1.807, 2.05) is 24.5 Å². The molecule has 4 rings (SSSR count). The van der Waals surface area contributed by atoms with Crippen molar-refractivity contribution in [2.75, 3.05) is 0 Å². The van der Waals surface area contributed by atoms with Crippen molar-refractivity contribution in [3.05, 3.63) is 60.0 Å². The zero-order valence-corrected chi connectivity index (χ0v) is 16.7. The Balaban J connectivity index is 0.000000360. The maximum atomic E-state index is 10.6. The molecule has 0 saturated heterocycles. The first-order valence-corrected chi connectivity index (χ1v) is 9.19. The molecule has 0 aliphatic rings. The Kier molecular flexibility index (Phi) is 6.70. The first kappa shape index (κ1) is 22.7. The highest BCUT2D eigenvalue weighted by Crippen LogP contribution is 2.27. The van der Waals surface area contributed by atoms with E-state index < -0.39 is 12.1 Å². The van der Waals surface area contributed by atoms with E-state index in [9.17, 15) is 18.4 Å².